The summed E-state index contributed by atoms with van der Waals surface area (Å²) < 4.78 is 5.14. The molecule has 1 aliphatic rings. The van der Waals surface area contributed by atoms with Gasteiger partial charge in [-0.3, -0.25) is 9.59 Å². The topological polar surface area (TPSA) is 49.9 Å². The molecule has 5 nitrogen and oxygen atoms in total. The van der Waals surface area contributed by atoms with E-state index >= 15 is 0 Å². The molecular weight excluding hydrogens is 372 g/mol. The third-order valence-electron chi connectivity index (χ3n) is 5.11. The fourth-order valence-corrected chi connectivity index (χ4v) is 4.60. The number of hydrogen-bond donors (Lipinski definition) is 0. The van der Waals surface area contributed by atoms with E-state index in [1.54, 1.807) is 23.3 Å². The summed E-state index contributed by atoms with van der Waals surface area (Å²) in [6, 6.07) is 12.2. The van der Waals surface area contributed by atoms with Gasteiger partial charge in [0.05, 0.1) is 19.2 Å². The Morgan fingerprint density at radius 1 is 1.25 bits per heavy atom. The Hall–Kier alpha value is -2.18. The molecule has 1 aliphatic heterocycles. The molecule has 0 bridgehead atoms. The number of carbonyl (C=O) groups is 2. The third kappa shape index (κ3) is 4.62. The van der Waals surface area contributed by atoms with Crippen molar-refractivity contribution in [2.75, 3.05) is 33.4 Å². The monoisotopic (exact) mass is 400 g/mol. The van der Waals surface area contributed by atoms with Crippen LogP contribution in [0.5, 0.6) is 0 Å². The normalized spacial score (nSPS) is 15.9. The Morgan fingerprint density at radius 2 is 2.04 bits per heavy atom. The average molecular weight is 401 g/mol. The van der Waals surface area contributed by atoms with Gasteiger partial charge < -0.3 is 14.5 Å². The van der Waals surface area contributed by atoms with Crippen molar-refractivity contribution in [1.82, 2.24) is 9.80 Å². The van der Waals surface area contributed by atoms with Crippen molar-refractivity contribution in [1.29, 1.82) is 0 Å². The second kappa shape index (κ2) is 9.85. The van der Waals surface area contributed by atoms with Crippen LogP contribution in [0.2, 0.25) is 0 Å². The number of ether oxygens (including phenoxy) is 1. The molecule has 0 fully saturated rings. The van der Waals surface area contributed by atoms with Crippen LogP contribution >= 0.6 is 11.3 Å². The molecule has 0 aliphatic carbocycles. The van der Waals surface area contributed by atoms with E-state index in [2.05, 4.69) is 23.6 Å². The molecule has 2 aromatic rings. The molecular formula is C22H28N2O3S. The number of hydrogen-bond acceptors (Lipinski definition) is 4. The first-order valence-electron chi connectivity index (χ1n) is 9.83. The first-order chi connectivity index (χ1) is 13.7. The Morgan fingerprint density at radius 3 is 2.75 bits per heavy atom. The lowest BCUT2D eigenvalue weighted by Crippen LogP contribution is -2.47. The van der Waals surface area contributed by atoms with Crippen molar-refractivity contribution >= 4 is 23.2 Å². The van der Waals surface area contributed by atoms with Crippen LogP contribution in [-0.4, -0.2) is 55.0 Å². The number of carbonyl (C=O) groups excluding carboxylic acids is 2. The average Bonchev–Trinajstić information content (AvgIpc) is 3.19. The van der Waals surface area contributed by atoms with Gasteiger partial charge in [0.15, 0.2) is 0 Å². The highest BCUT2D eigenvalue weighted by Gasteiger charge is 2.33. The summed E-state index contributed by atoms with van der Waals surface area (Å²) in [6.07, 6.45) is 2.09. The van der Waals surface area contributed by atoms with E-state index in [1.165, 1.54) is 10.4 Å². The zero-order valence-electron chi connectivity index (χ0n) is 16.6. The second-order valence-electron chi connectivity index (χ2n) is 7.01. The highest BCUT2D eigenvalue weighted by molar-refractivity contribution is 7.10. The van der Waals surface area contributed by atoms with Crippen LogP contribution in [0, 0.1) is 0 Å². The number of rotatable bonds is 8. The highest BCUT2D eigenvalue weighted by atomic mass is 32.1. The number of nitrogens with zero attached hydrogens (tertiary/aromatic N) is 2. The molecule has 0 N–H and O–H groups in total. The van der Waals surface area contributed by atoms with Gasteiger partial charge in [0, 0.05) is 31.5 Å². The van der Waals surface area contributed by atoms with Gasteiger partial charge in [0.25, 0.3) is 0 Å². The van der Waals surface area contributed by atoms with Crippen molar-refractivity contribution in [3.05, 3.63) is 57.8 Å². The SMILES string of the molecule is CCCC(=O)N(CCOC)CC(=O)N1CCc2sccc2C1c1ccccc1. The number of fused-ring (bicyclic) bond motifs is 1. The maximum atomic E-state index is 13.3. The van der Waals surface area contributed by atoms with Crippen LogP contribution < -0.4 is 0 Å². The largest absolute Gasteiger partial charge is 0.383 e. The van der Waals surface area contributed by atoms with Crippen LogP contribution in [0.15, 0.2) is 41.8 Å². The van der Waals surface area contributed by atoms with Gasteiger partial charge in [-0.25, -0.2) is 0 Å². The summed E-state index contributed by atoms with van der Waals surface area (Å²) in [4.78, 5) is 30.7. The quantitative estimate of drug-likeness (QED) is 0.681. The molecule has 0 radical (unpaired) electrons. The number of amides is 2. The summed E-state index contributed by atoms with van der Waals surface area (Å²) in [5.41, 5.74) is 2.32. The summed E-state index contributed by atoms with van der Waals surface area (Å²) in [5, 5.41) is 2.10. The molecule has 1 atom stereocenters. The first kappa shape index (κ1) is 20.6. The highest BCUT2D eigenvalue weighted by Crippen LogP contribution is 2.37. The number of benzene rings is 1. The minimum absolute atomic E-state index is 0.00809. The van der Waals surface area contributed by atoms with Crippen molar-refractivity contribution in [3.8, 4) is 0 Å². The Bertz CT molecular complexity index is 790. The van der Waals surface area contributed by atoms with E-state index in [1.807, 2.05) is 30.0 Å². The van der Waals surface area contributed by atoms with E-state index < -0.39 is 0 Å². The van der Waals surface area contributed by atoms with E-state index in [0.29, 0.717) is 26.1 Å². The van der Waals surface area contributed by atoms with E-state index in [-0.39, 0.29) is 24.4 Å². The maximum absolute atomic E-state index is 13.3. The van der Waals surface area contributed by atoms with Crippen molar-refractivity contribution in [2.45, 2.75) is 32.2 Å². The smallest absolute Gasteiger partial charge is 0.242 e. The molecule has 1 unspecified atom stereocenters. The van der Waals surface area contributed by atoms with E-state index in [4.69, 9.17) is 4.74 Å². The lowest BCUT2D eigenvalue weighted by Gasteiger charge is -2.37. The van der Waals surface area contributed by atoms with Gasteiger partial charge in [-0.2, -0.15) is 0 Å². The lowest BCUT2D eigenvalue weighted by atomic mass is 9.93. The Balaban J connectivity index is 1.83. The molecule has 0 saturated heterocycles. The molecule has 0 spiro atoms. The predicted molar refractivity (Wildman–Crippen MR) is 111 cm³/mol. The van der Waals surface area contributed by atoms with Gasteiger partial charge in [-0.05, 0) is 35.4 Å². The Labute approximate surface area is 170 Å². The number of thiophene rings is 1. The van der Waals surface area contributed by atoms with Crippen molar-refractivity contribution in [3.63, 3.8) is 0 Å². The third-order valence-corrected chi connectivity index (χ3v) is 6.11. The maximum Gasteiger partial charge on any atom is 0.242 e. The second-order valence-corrected chi connectivity index (χ2v) is 8.01. The minimum Gasteiger partial charge on any atom is -0.383 e. The number of methoxy groups -OCH3 is 1. The first-order valence-corrected chi connectivity index (χ1v) is 10.7. The van der Waals surface area contributed by atoms with Gasteiger partial charge in [-0.1, -0.05) is 37.3 Å². The van der Waals surface area contributed by atoms with Crippen molar-refractivity contribution < 1.29 is 14.3 Å². The van der Waals surface area contributed by atoms with Crippen LogP contribution in [0.25, 0.3) is 0 Å². The summed E-state index contributed by atoms with van der Waals surface area (Å²) in [5.74, 6) is 0.00338. The van der Waals surface area contributed by atoms with E-state index in [9.17, 15) is 9.59 Å². The zero-order chi connectivity index (χ0) is 19.9. The minimum atomic E-state index is -0.0887. The molecule has 0 saturated carbocycles. The summed E-state index contributed by atoms with van der Waals surface area (Å²) in [7, 11) is 1.61. The molecule has 2 amide bonds. The molecule has 1 aromatic heterocycles. The van der Waals surface area contributed by atoms with Crippen LogP contribution in [0.4, 0.5) is 0 Å². The predicted octanol–water partition coefficient (Wildman–Crippen LogP) is 3.50. The lowest BCUT2D eigenvalue weighted by molar-refractivity contribution is -0.142. The molecule has 1 aromatic carbocycles. The van der Waals surface area contributed by atoms with Gasteiger partial charge in [0.2, 0.25) is 11.8 Å². The molecule has 6 heteroatoms. The standard InChI is InChI=1S/C22H28N2O3S/c1-3-7-20(25)23(13-14-27-2)16-21(26)24-12-10-19-18(11-15-28-19)22(24)17-8-5-4-6-9-17/h4-6,8-9,11,15,22H,3,7,10,12-14,16H2,1-2H3. The van der Waals surface area contributed by atoms with Crippen molar-refractivity contribution in [2.24, 2.45) is 0 Å². The van der Waals surface area contributed by atoms with Crippen LogP contribution in [0.1, 0.15) is 41.8 Å². The summed E-state index contributed by atoms with van der Waals surface area (Å²) in [6.45, 7) is 3.62. The van der Waals surface area contributed by atoms with E-state index in [0.717, 1.165) is 18.4 Å². The fourth-order valence-electron chi connectivity index (χ4n) is 3.70. The zero-order valence-corrected chi connectivity index (χ0v) is 17.4. The fraction of sp³-hybridized carbons (Fsp3) is 0.455. The van der Waals surface area contributed by atoms with Crippen LogP contribution in [-0.2, 0) is 20.7 Å². The molecule has 3 rings (SSSR count). The molecule has 28 heavy (non-hydrogen) atoms. The summed E-state index contributed by atoms with van der Waals surface area (Å²) >= 11 is 1.76. The molecule has 150 valence electrons. The van der Waals surface area contributed by atoms with Gasteiger partial charge >= 0.3 is 0 Å². The van der Waals surface area contributed by atoms with Crippen LogP contribution in [0.3, 0.4) is 0 Å². The van der Waals surface area contributed by atoms with Gasteiger partial charge in [0.1, 0.15) is 0 Å². The Kier molecular flexibility index (Phi) is 7.23. The van der Waals surface area contributed by atoms with Gasteiger partial charge in [-0.15, -0.1) is 11.3 Å². The molecule has 2 heterocycles.